The van der Waals surface area contributed by atoms with Gasteiger partial charge in [0.15, 0.2) is 6.54 Å². The van der Waals surface area contributed by atoms with E-state index in [1.165, 1.54) is 33.6 Å². The Bertz CT molecular complexity index is 738. The van der Waals surface area contributed by atoms with Crippen LogP contribution in [0.3, 0.4) is 0 Å². The predicted molar refractivity (Wildman–Crippen MR) is 98.4 cm³/mol. The molecule has 2 aromatic carbocycles. The Morgan fingerprint density at radius 1 is 1.17 bits per heavy atom. The molecule has 3 rings (SSSR count). The van der Waals surface area contributed by atoms with Gasteiger partial charge in [0, 0.05) is 17.7 Å². The molecule has 0 heterocycles. The van der Waals surface area contributed by atoms with Gasteiger partial charge in [-0.1, -0.05) is 30.3 Å². The molecule has 2 atom stereocenters. The molecule has 2 aromatic rings. The molecule has 0 saturated carbocycles. The zero-order valence-corrected chi connectivity index (χ0v) is 14.9. The van der Waals surface area contributed by atoms with Crippen LogP contribution >= 0.6 is 0 Å². The second kappa shape index (κ2) is 7.18. The van der Waals surface area contributed by atoms with E-state index in [0.29, 0.717) is 12.6 Å². The number of carbonyl (C=O) groups is 1. The molecule has 0 aliphatic heterocycles. The predicted octanol–water partition coefficient (Wildman–Crippen LogP) is 2.83. The van der Waals surface area contributed by atoms with Crippen molar-refractivity contribution in [3.8, 4) is 0 Å². The largest absolute Gasteiger partial charge is 0.323 e. The first-order valence-corrected chi connectivity index (χ1v) is 8.82. The summed E-state index contributed by atoms with van der Waals surface area (Å²) in [5.41, 5.74) is 6.20. The molecule has 1 amide bonds. The van der Waals surface area contributed by atoms with E-state index in [2.05, 4.69) is 56.5 Å². The number of carbonyl (C=O) groups excluding carboxylic acids is 1. The van der Waals surface area contributed by atoms with Crippen LogP contribution < -0.4 is 10.2 Å². The number of aryl methyl sites for hydroxylation is 3. The maximum absolute atomic E-state index is 12.4. The van der Waals surface area contributed by atoms with Gasteiger partial charge in [-0.25, -0.2) is 0 Å². The Morgan fingerprint density at radius 3 is 2.75 bits per heavy atom. The Hall–Kier alpha value is -2.13. The summed E-state index contributed by atoms with van der Waals surface area (Å²) in [7, 11) is 2.13. The Morgan fingerprint density at radius 2 is 1.96 bits per heavy atom. The molecule has 0 bridgehead atoms. The summed E-state index contributed by atoms with van der Waals surface area (Å²) in [6, 6.07) is 15.2. The Labute approximate surface area is 144 Å². The third-order valence-electron chi connectivity index (χ3n) is 5.19. The third-order valence-corrected chi connectivity index (χ3v) is 5.19. The maximum atomic E-state index is 12.4. The summed E-state index contributed by atoms with van der Waals surface area (Å²) in [6.07, 6.45) is 3.52. The van der Waals surface area contributed by atoms with Crippen molar-refractivity contribution in [3.63, 3.8) is 0 Å². The summed E-state index contributed by atoms with van der Waals surface area (Å²) in [5, 5.41) is 3.04. The van der Waals surface area contributed by atoms with Crippen molar-refractivity contribution in [1.29, 1.82) is 0 Å². The van der Waals surface area contributed by atoms with Gasteiger partial charge < -0.3 is 10.2 Å². The Kier molecular flexibility index (Phi) is 5.00. The fraction of sp³-hybridized carbons (Fsp3) is 0.381. The molecule has 0 aromatic heterocycles. The molecule has 24 heavy (non-hydrogen) atoms. The first kappa shape index (κ1) is 16.7. The quantitative estimate of drug-likeness (QED) is 0.891. The lowest BCUT2D eigenvalue weighted by atomic mass is 9.87. The third kappa shape index (κ3) is 3.68. The van der Waals surface area contributed by atoms with Crippen molar-refractivity contribution in [2.75, 3.05) is 18.9 Å². The number of likely N-dealkylation sites (N-methyl/N-ethyl adjacent to an activating group) is 1. The van der Waals surface area contributed by atoms with Crippen LogP contribution in [0.4, 0.5) is 5.69 Å². The number of hydrogen-bond donors (Lipinski definition) is 2. The van der Waals surface area contributed by atoms with E-state index in [4.69, 9.17) is 0 Å². The monoisotopic (exact) mass is 323 g/mol. The van der Waals surface area contributed by atoms with E-state index in [-0.39, 0.29) is 5.91 Å². The minimum absolute atomic E-state index is 0.0822. The van der Waals surface area contributed by atoms with E-state index < -0.39 is 0 Å². The van der Waals surface area contributed by atoms with Gasteiger partial charge in [-0.2, -0.15) is 0 Å². The van der Waals surface area contributed by atoms with Crippen LogP contribution in [0.5, 0.6) is 0 Å². The van der Waals surface area contributed by atoms with Gasteiger partial charge in [-0.3, -0.25) is 4.79 Å². The first-order valence-electron chi connectivity index (χ1n) is 8.82. The number of anilines is 1. The van der Waals surface area contributed by atoms with Gasteiger partial charge in [-0.05, 0) is 55.5 Å². The van der Waals surface area contributed by atoms with Gasteiger partial charge in [0.2, 0.25) is 0 Å². The standard InChI is InChI=1S/C21H26N2O/c1-15-11-12-18(13-16(15)2)22-21(24)14-23(3)20-10-6-8-17-7-4-5-9-19(17)20/h4-5,7,9,11-13,20H,6,8,10,14H2,1-3H3,(H,22,24)/p+1/t20-/m1/s1. The van der Waals surface area contributed by atoms with Gasteiger partial charge in [0.05, 0.1) is 7.05 Å². The topological polar surface area (TPSA) is 33.5 Å². The van der Waals surface area contributed by atoms with Crippen LogP contribution in [0.15, 0.2) is 42.5 Å². The smallest absolute Gasteiger partial charge is 0.279 e. The molecule has 1 aliphatic carbocycles. The summed E-state index contributed by atoms with van der Waals surface area (Å²) < 4.78 is 0. The molecule has 3 nitrogen and oxygen atoms in total. The molecular weight excluding hydrogens is 296 g/mol. The zero-order valence-electron chi connectivity index (χ0n) is 14.9. The average Bonchev–Trinajstić information content (AvgIpc) is 2.57. The number of quaternary nitrogens is 1. The highest BCUT2D eigenvalue weighted by Crippen LogP contribution is 2.27. The number of nitrogens with one attached hydrogen (secondary N) is 2. The first-order chi connectivity index (χ1) is 11.5. The number of rotatable bonds is 4. The van der Waals surface area contributed by atoms with E-state index in [9.17, 15) is 4.79 Å². The van der Waals surface area contributed by atoms with Crippen molar-refractivity contribution < 1.29 is 9.69 Å². The van der Waals surface area contributed by atoms with Crippen molar-refractivity contribution in [2.45, 2.75) is 39.2 Å². The van der Waals surface area contributed by atoms with E-state index >= 15 is 0 Å². The highest BCUT2D eigenvalue weighted by Gasteiger charge is 2.27. The molecule has 126 valence electrons. The van der Waals surface area contributed by atoms with Crippen LogP contribution in [0, 0.1) is 13.8 Å². The number of hydrogen-bond acceptors (Lipinski definition) is 1. The van der Waals surface area contributed by atoms with E-state index in [1.807, 2.05) is 12.1 Å². The lowest BCUT2D eigenvalue weighted by Crippen LogP contribution is -3.10. The second-order valence-corrected chi connectivity index (χ2v) is 7.01. The van der Waals surface area contributed by atoms with Crippen molar-refractivity contribution >= 4 is 11.6 Å². The number of fused-ring (bicyclic) bond motifs is 1. The van der Waals surface area contributed by atoms with Crippen molar-refractivity contribution in [1.82, 2.24) is 0 Å². The van der Waals surface area contributed by atoms with Gasteiger partial charge >= 0.3 is 0 Å². The lowest BCUT2D eigenvalue weighted by Gasteiger charge is -2.30. The SMILES string of the molecule is Cc1ccc(NC(=O)C[NH+](C)[C@@H]2CCCc3ccccc32)cc1C. The summed E-state index contributed by atoms with van der Waals surface area (Å²) in [5.74, 6) is 0.0822. The van der Waals surface area contributed by atoms with Crippen molar-refractivity contribution in [3.05, 3.63) is 64.7 Å². The van der Waals surface area contributed by atoms with Crippen LogP contribution in [0.2, 0.25) is 0 Å². The molecule has 0 spiro atoms. The molecule has 3 heteroatoms. The second-order valence-electron chi connectivity index (χ2n) is 7.01. The molecular formula is C21H27N2O+. The molecule has 0 saturated heterocycles. The van der Waals surface area contributed by atoms with Gasteiger partial charge in [0.25, 0.3) is 5.91 Å². The Balaban J connectivity index is 1.65. The number of amides is 1. The van der Waals surface area contributed by atoms with Gasteiger partial charge in [0.1, 0.15) is 6.04 Å². The van der Waals surface area contributed by atoms with Crippen LogP contribution in [0.1, 0.15) is 41.1 Å². The summed E-state index contributed by atoms with van der Waals surface area (Å²) >= 11 is 0. The van der Waals surface area contributed by atoms with Crippen LogP contribution in [-0.4, -0.2) is 19.5 Å². The van der Waals surface area contributed by atoms with E-state index in [0.717, 1.165) is 18.5 Å². The van der Waals surface area contributed by atoms with Crippen molar-refractivity contribution in [2.24, 2.45) is 0 Å². The minimum Gasteiger partial charge on any atom is -0.323 e. The summed E-state index contributed by atoms with van der Waals surface area (Å²) in [6.45, 7) is 4.65. The average molecular weight is 323 g/mol. The fourth-order valence-electron chi connectivity index (χ4n) is 3.67. The highest BCUT2D eigenvalue weighted by atomic mass is 16.2. The minimum atomic E-state index is 0.0822. The molecule has 1 aliphatic rings. The number of benzene rings is 2. The van der Waals surface area contributed by atoms with E-state index in [1.54, 1.807) is 0 Å². The molecule has 0 fully saturated rings. The molecule has 1 unspecified atom stereocenters. The fourth-order valence-corrected chi connectivity index (χ4v) is 3.67. The normalized spacial score (nSPS) is 17.9. The molecule has 0 radical (unpaired) electrons. The zero-order chi connectivity index (χ0) is 17.1. The van der Waals surface area contributed by atoms with Crippen LogP contribution in [-0.2, 0) is 11.2 Å². The summed E-state index contributed by atoms with van der Waals surface area (Å²) in [4.78, 5) is 13.7. The lowest BCUT2D eigenvalue weighted by molar-refractivity contribution is -0.905. The van der Waals surface area contributed by atoms with Crippen LogP contribution in [0.25, 0.3) is 0 Å². The molecule has 2 N–H and O–H groups in total. The van der Waals surface area contributed by atoms with Gasteiger partial charge in [-0.15, -0.1) is 0 Å². The maximum Gasteiger partial charge on any atom is 0.279 e. The highest BCUT2D eigenvalue weighted by molar-refractivity contribution is 5.91.